The molecular weight excluding hydrogens is 255 g/mol. The molecule has 0 aliphatic heterocycles. The summed E-state index contributed by atoms with van der Waals surface area (Å²) in [5, 5.41) is 0. The van der Waals surface area contributed by atoms with Gasteiger partial charge in [0.25, 0.3) is 0 Å². The Morgan fingerprint density at radius 1 is 1.26 bits per heavy atom. The van der Waals surface area contributed by atoms with Crippen molar-refractivity contribution < 1.29 is 17.9 Å². The SMILES string of the molecule is CCC(C)(C)C1CCC(N)C(OC(C)C(F)(F)F)C1. The van der Waals surface area contributed by atoms with Crippen LogP contribution in [0.3, 0.4) is 0 Å². The van der Waals surface area contributed by atoms with E-state index in [-0.39, 0.29) is 11.5 Å². The number of halogens is 3. The highest BCUT2D eigenvalue weighted by atomic mass is 19.4. The number of nitrogens with two attached hydrogens (primary N) is 1. The average molecular weight is 281 g/mol. The summed E-state index contributed by atoms with van der Waals surface area (Å²) < 4.78 is 42.9. The summed E-state index contributed by atoms with van der Waals surface area (Å²) >= 11 is 0. The molecule has 5 heteroatoms. The molecule has 0 aromatic heterocycles. The van der Waals surface area contributed by atoms with Crippen LogP contribution in [0.2, 0.25) is 0 Å². The Morgan fingerprint density at radius 3 is 2.32 bits per heavy atom. The first kappa shape index (κ1) is 16.8. The van der Waals surface area contributed by atoms with Gasteiger partial charge in [0.1, 0.15) is 0 Å². The molecule has 1 aliphatic rings. The van der Waals surface area contributed by atoms with E-state index in [1.54, 1.807) is 0 Å². The van der Waals surface area contributed by atoms with E-state index in [0.717, 1.165) is 26.2 Å². The summed E-state index contributed by atoms with van der Waals surface area (Å²) in [6, 6.07) is -0.284. The molecule has 0 amide bonds. The summed E-state index contributed by atoms with van der Waals surface area (Å²) in [6.45, 7) is 7.50. The van der Waals surface area contributed by atoms with Crippen LogP contribution in [0.5, 0.6) is 0 Å². The average Bonchev–Trinajstić information content (AvgIpc) is 2.30. The van der Waals surface area contributed by atoms with Crippen LogP contribution in [0, 0.1) is 11.3 Å². The molecule has 1 aliphatic carbocycles. The second-order valence-corrected chi connectivity index (χ2v) is 6.37. The second kappa shape index (κ2) is 6.00. The van der Waals surface area contributed by atoms with Crippen molar-refractivity contribution >= 4 is 0 Å². The molecule has 4 atom stereocenters. The largest absolute Gasteiger partial charge is 0.414 e. The van der Waals surface area contributed by atoms with E-state index in [2.05, 4.69) is 20.8 Å². The molecular formula is C14H26F3NO. The molecule has 1 fully saturated rings. The van der Waals surface area contributed by atoms with Gasteiger partial charge in [0, 0.05) is 6.04 Å². The summed E-state index contributed by atoms with van der Waals surface area (Å²) in [4.78, 5) is 0. The molecule has 19 heavy (non-hydrogen) atoms. The number of hydrogen-bond donors (Lipinski definition) is 1. The normalized spacial score (nSPS) is 31.3. The molecule has 2 N–H and O–H groups in total. The van der Waals surface area contributed by atoms with Gasteiger partial charge in [-0.05, 0) is 37.5 Å². The van der Waals surface area contributed by atoms with Crippen LogP contribution in [0.1, 0.15) is 53.4 Å². The maximum atomic E-state index is 12.6. The molecule has 0 bridgehead atoms. The highest BCUT2D eigenvalue weighted by Gasteiger charge is 2.42. The van der Waals surface area contributed by atoms with E-state index >= 15 is 0 Å². The second-order valence-electron chi connectivity index (χ2n) is 6.37. The molecule has 1 rings (SSSR count). The van der Waals surface area contributed by atoms with Crippen molar-refractivity contribution in [3.8, 4) is 0 Å². The molecule has 1 saturated carbocycles. The van der Waals surface area contributed by atoms with E-state index < -0.39 is 18.4 Å². The van der Waals surface area contributed by atoms with E-state index in [1.807, 2.05) is 0 Å². The Hall–Kier alpha value is -0.290. The zero-order valence-corrected chi connectivity index (χ0v) is 12.3. The fourth-order valence-electron chi connectivity index (χ4n) is 2.65. The minimum absolute atomic E-state index is 0.128. The van der Waals surface area contributed by atoms with Crippen LogP contribution in [0.4, 0.5) is 13.2 Å². The third kappa shape index (κ3) is 4.35. The highest BCUT2D eigenvalue weighted by molar-refractivity contribution is 4.90. The number of alkyl halides is 3. The lowest BCUT2D eigenvalue weighted by atomic mass is 9.68. The lowest BCUT2D eigenvalue weighted by Crippen LogP contribution is -2.48. The first-order valence-electron chi connectivity index (χ1n) is 7.05. The van der Waals surface area contributed by atoms with Crippen LogP contribution in [0.15, 0.2) is 0 Å². The first-order valence-corrected chi connectivity index (χ1v) is 7.05. The summed E-state index contributed by atoms with van der Waals surface area (Å²) in [5.41, 5.74) is 6.05. The van der Waals surface area contributed by atoms with Crippen molar-refractivity contribution in [1.29, 1.82) is 0 Å². The highest BCUT2D eigenvalue weighted by Crippen LogP contribution is 2.41. The molecule has 0 radical (unpaired) electrons. The van der Waals surface area contributed by atoms with E-state index in [9.17, 15) is 13.2 Å². The van der Waals surface area contributed by atoms with Gasteiger partial charge < -0.3 is 10.5 Å². The molecule has 0 saturated heterocycles. The minimum Gasteiger partial charge on any atom is -0.364 e. The van der Waals surface area contributed by atoms with Gasteiger partial charge in [-0.1, -0.05) is 27.2 Å². The molecule has 4 unspecified atom stereocenters. The van der Waals surface area contributed by atoms with Gasteiger partial charge in [0.05, 0.1) is 6.10 Å². The van der Waals surface area contributed by atoms with Crippen LogP contribution >= 0.6 is 0 Å². The molecule has 0 aromatic rings. The number of rotatable bonds is 4. The van der Waals surface area contributed by atoms with E-state index in [0.29, 0.717) is 12.3 Å². The third-order valence-corrected chi connectivity index (χ3v) is 4.70. The number of ether oxygens (including phenoxy) is 1. The van der Waals surface area contributed by atoms with Crippen molar-refractivity contribution in [3.63, 3.8) is 0 Å². The van der Waals surface area contributed by atoms with E-state index in [4.69, 9.17) is 10.5 Å². The Labute approximate surface area is 113 Å². The lowest BCUT2D eigenvalue weighted by molar-refractivity contribution is -0.233. The van der Waals surface area contributed by atoms with Crippen LogP contribution in [-0.2, 0) is 4.74 Å². The molecule has 2 nitrogen and oxygen atoms in total. The van der Waals surface area contributed by atoms with Gasteiger partial charge >= 0.3 is 6.18 Å². The lowest BCUT2D eigenvalue weighted by Gasteiger charge is -2.42. The Bertz CT molecular complexity index is 291. The monoisotopic (exact) mass is 281 g/mol. The molecule has 0 heterocycles. The van der Waals surface area contributed by atoms with Crippen molar-refractivity contribution in [2.45, 2.75) is 77.8 Å². The summed E-state index contributed by atoms with van der Waals surface area (Å²) in [5.74, 6) is 0.378. The molecule has 0 spiro atoms. The van der Waals surface area contributed by atoms with Gasteiger partial charge in [-0.15, -0.1) is 0 Å². The van der Waals surface area contributed by atoms with Crippen molar-refractivity contribution in [2.75, 3.05) is 0 Å². The van der Waals surface area contributed by atoms with Crippen LogP contribution in [-0.4, -0.2) is 24.4 Å². The van der Waals surface area contributed by atoms with Gasteiger partial charge in [0.2, 0.25) is 0 Å². The quantitative estimate of drug-likeness (QED) is 0.848. The zero-order chi connectivity index (χ0) is 14.8. The Balaban J connectivity index is 2.67. The van der Waals surface area contributed by atoms with Gasteiger partial charge in [-0.25, -0.2) is 0 Å². The topological polar surface area (TPSA) is 35.2 Å². The van der Waals surface area contributed by atoms with Crippen LogP contribution in [0.25, 0.3) is 0 Å². The maximum absolute atomic E-state index is 12.6. The Morgan fingerprint density at radius 2 is 1.84 bits per heavy atom. The number of hydrogen-bond acceptors (Lipinski definition) is 2. The van der Waals surface area contributed by atoms with Gasteiger partial charge in [-0.3, -0.25) is 0 Å². The first-order chi connectivity index (χ1) is 8.58. The summed E-state index contributed by atoms with van der Waals surface area (Å²) in [6.07, 6.45) is -3.19. The smallest absolute Gasteiger partial charge is 0.364 e. The standard InChI is InChI=1S/C14H26F3NO/c1-5-13(3,4)10-6-7-11(18)12(8-10)19-9(2)14(15,16)17/h9-12H,5-8,18H2,1-4H3. The van der Waals surface area contributed by atoms with E-state index in [1.165, 1.54) is 0 Å². The third-order valence-electron chi connectivity index (χ3n) is 4.70. The fraction of sp³-hybridized carbons (Fsp3) is 1.00. The maximum Gasteiger partial charge on any atom is 0.414 e. The van der Waals surface area contributed by atoms with Crippen molar-refractivity contribution in [3.05, 3.63) is 0 Å². The minimum atomic E-state index is -4.31. The van der Waals surface area contributed by atoms with Gasteiger partial charge in [0.15, 0.2) is 6.10 Å². The summed E-state index contributed by atoms with van der Waals surface area (Å²) in [7, 11) is 0. The zero-order valence-electron chi connectivity index (χ0n) is 12.3. The Kier molecular flexibility index (Phi) is 5.29. The van der Waals surface area contributed by atoms with Crippen molar-refractivity contribution in [1.82, 2.24) is 0 Å². The predicted molar refractivity (Wildman–Crippen MR) is 69.8 cm³/mol. The molecule has 0 aromatic carbocycles. The van der Waals surface area contributed by atoms with Gasteiger partial charge in [-0.2, -0.15) is 13.2 Å². The fourth-order valence-corrected chi connectivity index (χ4v) is 2.65. The molecule has 114 valence electrons. The predicted octanol–water partition coefficient (Wildman–Crippen LogP) is 3.89. The van der Waals surface area contributed by atoms with Crippen molar-refractivity contribution in [2.24, 2.45) is 17.1 Å². The van der Waals surface area contributed by atoms with Crippen LogP contribution < -0.4 is 5.73 Å².